The third-order valence-corrected chi connectivity index (χ3v) is 6.55. The fraction of sp³-hybridized carbons (Fsp3) is 0.440. The Labute approximate surface area is 202 Å². The summed E-state index contributed by atoms with van der Waals surface area (Å²) in [6, 6.07) is 13.5. The van der Waals surface area contributed by atoms with Gasteiger partial charge in [0.2, 0.25) is 0 Å². The number of halogens is 3. The quantitative estimate of drug-likeness (QED) is 0.300. The molecule has 2 N–H and O–H groups in total. The van der Waals surface area contributed by atoms with E-state index in [2.05, 4.69) is 17.1 Å². The molecule has 0 radical (unpaired) electrons. The van der Waals surface area contributed by atoms with Crippen molar-refractivity contribution in [2.75, 3.05) is 19.8 Å². The number of nitrogens with zero attached hydrogens (tertiary/aromatic N) is 2. The number of alkyl halides is 3. The van der Waals surface area contributed by atoms with Gasteiger partial charge in [-0.1, -0.05) is 61.9 Å². The van der Waals surface area contributed by atoms with Crippen LogP contribution < -0.4 is 10.5 Å². The van der Waals surface area contributed by atoms with Gasteiger partial charge in [-0.15, -0.1) is 10.2 Å². The Bertz CT molecular complexity index is 1030. The van der Waals surface area contributed by atoms with Gasteiger partial charge in [0.05, 0.1) is 24.8 Å². The first kappa shape index (κ1) is 26.1. The second kappa shape index (κ2) is 12.3. The molecule has 1 aromatic heterocycles. The molecule has 3 rings (SSSR count). The summed E-state index contributed by atoms with van der Waals surface area (Å²) in [6.45, 7) is 4.79. The van der Waals surface area contributed by atoms with E-state index < -0.39 is 11.7 Å². The average molecular weight is 494 g/mol. The highest BCUT2D eigenvalue weighted by Crippen LogP contribution is 2.40. The Balaban J connectivity index is 1.62. The summed E-state index contributed by atoms with van der Waals surface area (Å²) in [7, 11) is 0. The summed E-state index contributed by atoms with van der Waals surface area (Å²) in [6.07, 6.45) is -1.90. The fourth-order valence-electron chi connectivity index (χ4n) is 3.52. The van der Waals surface area contributed by atoms with Crippen LogP contribution in [0.5, 0.6) is 5.75 Å². The van der Waals surface area contributed by atoms with Crippen LogP contribution >= 0.6 is 11.3 Å². The zero-order valence-electron chi connectivity index (χ0n) is 19.3. The van der Waals surface area contributed by atoms with Crippen LogP contribution in [0.2, 0.25) is 0 Å². The van der Waals surface area contributed by atoms with Crippen molar-refractivity contribution in [2.45, 2.75) is 45.3 Å². The number of hydrogen-bond acceptors (Lipinski definition) is 6. The largest absolute Gasteiger partial charge is 0.491 e. The van der Waals surface area contributed by atoms with E-state index in [1.54, 1.807) is 6.07 Å². The van der Waals surface area contributed by atoms with E-state index in [0.29, 0.717) is 22.2 Å². The summed E-state index contributed by atoms with van der Waals surface area (Å²) in [5.74, 6) is -0.0249. The predicted molar refractivity (Wildman–Crippen MR) is 128 cm³/mol. The molecule has 1 heterocycles. The lowest BCUT2D eigenvalue weighted by Crippen LogP contribution is -2.18. The molecule has 0 spiro atoms. The first-order chi connectivity index (χ1) is 16.3. The first-order valence-corrected chi connectivity index (χ1v) is 12.2. The summed E-state index contributed by atoms with van der Waals surface area (Å²) in [4.78, 5) is 0. The van der Waals surface area contributed by atoms with Crippen LogP contribution in [0.3, 0.4) is 0 Å². The Hall–Kier alpha value is -2.49. The molecular weight excluding hydrogens is 463 g/mol. The summed E-state index contributed by atoms with van der Waals surface area (Å²) in [5, 5.41) is 9.23. The van der Waals surface area contributed by atoms with Gasteiger partial charge in [-0.05, 0) is 42.5 Å². The number of aromatic nitrogens is 2. The summed E-state index contributed by atoms with van der Waals surface area (Å²) >= 11 is 1.22. The first-order valence-electron chi connectivity index (χ1n) is 11.3. The highest BCUT2D eigenvalue weighted by atomic mass is 32.1. The van der Waals surface area contributed by atoms with E-state index in [4.69, 9.17) is 15.2 Å². The van der Waals surface area contributed by atoms with Gasteiger partial charge in [-0.3, -0.25) is 0 Å². The van der Waals surface area contributed by atoms with Gasteiger partial charge in [0.1, 0.15) is 22.4 Å². The third kappa shape index (κ3) is 7.25. The van der Waals surface area contributed by atoms with Gasteiger partial charge >= 0.3 is 6.18 Å². The van der Waals surface area contributed by atoms with Crippen LogP contribution in [0.1, 0.15) is 48.9 Å². The molecular formula is C25H30F3N3O2S. The maximum atomic E-state index is 13.7. The van der Waals surface area contributed by atoms with E-state index in [9.17, 15) is 13.2 Å². The zero-order chi connectivity index (χ0) is 24.6. The Morgan fingerprint density at radius 3 is 2.50 bits per heavy atom. The average Bonchev–Trinajstić information content (AvgIpc) is 3.31. The van der Waals surface area contributed by atoms with Crippen molar-refractivity contribution in [1.82, 2.24) is 10.2 Å². The zero-order valence-corrected chi connectivity index (χ0v) is 20.2. The van der Waals surface area contributed by atoms with Gasteiger partial charge in [0.15, 0.2) is 0 Å². The van der Waals surface area contributed by atoms with Crippen molar-refractivity contribution in [3.63, 3.8) is 0 Å². The molecule has 3 aromatic rings. The maximum Gasteiger partial charge on any atom is 0.419 e. The van der Waals surface area contributed by atoms with Crippen LogP contribution in [0.15, 0.2) is 48.5 Å². The molecule has 0 aliphatic carbocycles. The molecule has 2 aromatic carbocycles. The van der Waals surface area contributed by atoms with Crippen molar-refractivity contribution >= 4 is 11.3 Å². The van der Waals surface area contributed by atoms with Crippen molar-refractivity contribution in [1.29, 1.82) is 0 Å². The van der Waals surface area contributed by atoms with Gasteiger partial charge in [-0.2, -0.15) is 13.2 Å². The van der Waals surface area contributed by atoms with E-state index in [1.165, 1.54) is 17.4 Å². The lowest BCUT2D eigenvalue weighted by molar-refractivity contribution is -0.139. The predicted octanol–water partition coefficient (Wildman–Crippen LogP) is 6.30. The molecule has 0 amide bonds. The van der Waals surface area contributed by atoms with Crippen LogP contribution in [-0.2, 0) is 17.3 Å². The fourth-order valence-corrected chi connectivity index (χ4v) is 4.50. The Morgan fingerprint density at radius 1 is 1.03 bits per heavy atom. The Kier molecular flexibility index (Phi) is 9.44. The van der Waals surface area contributed by atoms with Gasteiger partial charge in [0, 0.05) is 5.56 Å². The third-order valence-electron chi connectivity index (χ3n) is 5.48. The standard InChI is InChI=1S/C25H30F3N3O2S/c1-3-7-17(2)22(29)24-31-30-23(34-24)19-10-11-21(20(16-19)25(26,27)28)33-15-14-32-13-12-18-8-5-4-6-9-18/h4-6,8-11,16-17,22H,3,7,12-15,29H2,1-2H3. The second-order valence-electron chi connectivity index (χ2n) is 8.14. The maximum absolute atomic E-state index is 13.7. The minimum absolute atomic E-state index is 0.0182. The van der Waals surface area contributed by atoms with Gasteiger partial charge in [-0.25, -0.2) is 0 Å². The normalized spacial score (nSPS) is 13.6. The van der Waals surface area contributed by atoms with Crippen LogP contribution in [0.25, 0.3) is 10.6 Å². The topological polar surface area (TPSA) is 70.3 Å². The van der Waals surface area contributed by atoms with E-state index in [0.717, 1.165) is 30.9 Å². The molecule has 0 fully saturated rings. The monoisotopic (exact) mass is 493 g/mol. The van der Waals surface area contributed by atoms with E-state index >= 15 is 0 Å². The highest BCUT2D eigenvalue weighted by Gasteiger charge is 2.35. The van der Waals surface area contributed by atoms with Gasteiger partial charge < -0.3 is 15.2 Å². The molecule has 0 bridgehead atoms. The van der Waals surface area contributed by atoms with Crippen LogP contribution in [0, 0.1) is 5.92 Å². The molecule has 0 aliphatic rings. The molecule has 5 nitrogen and oxygen atoms in total. The number of benzene rings is 2. The van der Waals surface area contributed by atoms with Crippen molar-refractivity contribution in [3.8, 4) is 16.3 Å². The van der Waals surface area contributed by atoms with Crippen molar-refractivity contribution in [3.05, 3.63) is 64.7 Å². The SMILES string of the molecule is CCCC(C)C(N)c1nnc(-c2ccc(OCCOCCc3ccccc3)c(C(F)(F)F)c2)s1. The Morgan fingerprint density at radius 2 is 1.79 bits per heavy atom. The number of hydrogen-bond donors (Lipinski definition) is 1. The minimum Gasteiger partial charge on any atom is -0.491 e. The van der Waals surface area contributed by atoms with Crippen molar-refractivity contribution in [2.24, 2.45) is 11.7 Å². The lowest BCUT2D eigenvalue weighted by atomic mass is 9.98. The summed E-state index contributed by atoms with van der Waals surface area (Å²) in [5.41, 5.74) is 6.88. The highest BCUT2D eigenvalue weighted by molar-refractivity contribution is 7.14. The lowest BCUT2D eigenvalue weighted by Gasteiger charge is -2.16. The summed E-state index contributed by atoms with van der Waals surface area (Å²) < 4.78 is 52.1. The molecule has 34 heavy (non-hydrogen) atoms. The molecule has 2 atom stereocenters. The van der Waals surface area contributed by atoms with E-state index in [1.807, 2.05) is 37.3 Å². The molecule has 9 heteroatoms. The van der Waals surface area contributed by atoms with Crippen LogP contribution in [-0.4, -0.2) is 30.0 Å². The van der Waals surface area contributed by atoms with Crippen LogP contribution in [0.4, 0.5) is 13.2 Å². The molecule has 184 valence electrons. The van der Waals surface area contributed by atoms with Gasteiger partial charge in [0.25, 0.3) is 0 Å². The molecule has 0 saturated heterocycles. The van der Waals surface area contributed by atoms with Crippen molar-refractivity contribution < 1.29 is 22.6 Å². The minimum atomic E-state index is -4.57. The number of rotatable bonds is 12. The molecule has 0 saturated carbocycles. The second-order valence-corrected chi connectivity index (χ2v) is 9.15. The smallest absolute Gasteiger partial charge is 0.419 e. The molecule has 0 aliphatic heterocycles. The van der Waals surface area contributed by atoms with E-state index in [-0.39, 0.29) is 30.9 Å². The molecule has 2 unspecified atom stereocenters. The number of ether oxygens (including phenoxy) is 2. The number of nitrogens with two attached hydrogens (primary N) is 1.